The molecule has 2 unspecified atom stereocenters. The van der Waals surface area contributed by atoms with Gasteiger partial charge in [-0.15, -0.1) is 12.6 Å². The maximum absolute atomic E-state index is 11.9. The average molecular weight is 346 g/mol. The number of rotatable bonds is 4. The van der Waals surface area contributed by atoms with E-state index in [1.54, 1.807) is 12.1 Å². The van der Waals surface area contributed by atoms with Gasteiger partial charge in [0.15, 0.2) is 4.87 Å². The third kappa shape index (κ3) is 2.76. The van der Waals surface area contributed by atoms with Gasteiger partial charge in [0, 0.05) is 10.7 Å². The van der Waals surface area contributed by atoms with Gasteiger partial charge in [-0.05, 0) is 29.8 Å². The van der Waals surface area contributed by atoms with Crippen molar-refractivity contribution in [1.29, 1.82) is 0 Å². The summed E-state index contributed by atoms with van der Waals surface area (Å²) in [5.74, 6) is 0.614. The zero-order valence-electron chi connectivity index (χ0n) is 12.3. The van der Waals surface area contributed by atoms with E-state index >= 15 is 0 Å². The van der Waals surface area contributed by atoms with Crippen LogP contribution in [0.3, 0.4) is 0 Å². The fourth-order valence-corrected chi connectivity index (χ4v) is 3.43. The van der Waals surface area contributed by atoms with Crippen LogP contribution in [-0.2, 0) is 9.67 Å². The van der Waals surface area contributed by atoms with E-state index in [-0.39, 0.29) is 6.54 Å². The predicted octanol–water partition coefficient (Wildman–Crippen LogP) is 2.87. The average Bonchev–Trinajstić information content (AvgIpc) is 2.89. The zero-order valence-corrected chi connectivity index (χ0v) is 13.9. The predicted molar refractivity (Wildman–Crippen MR) is 97.4 cm³/mol. The van der Waals surface area contributed by atoms with E-state index < -0.39 is 10.9 Å². The third-order valence-corrected chi connectivity index (χ3v) is 4.72. The van der Waals surface area contributed by atoms with Crippen molar-refractivity contribution in [3.63, 3.8) is 0 Å². The number of carbonyl (C=O) groups excluding carboxylic acids is 1. The van der Waals surface area contributed by atoms with Gasteiger partial charge in [0.05, 0.1) is 6.54 Å². The molecule has 0 spiro atoms. The van der Waals surface area contributed by atoms with Crippen molar-refractivity contribution in [3.8, 4) is 0 Å². The largest absolute Gasteiger partial charge is 0.324 e. The van der Waals surface area contributed by atoms with Crippen molar-refractivity contribution in [3.05, 3.63) is 65.2 Å². The lowest BCUT2D eigenvalue weighted by molar-refractivity contribution is -0.109. The number of aliphatic imine (C=N–C) groups is 1. The van der Waals surface area contributed by atoms with Crippen LogP contribution in [0.2, 0.25) is 5.02 Å². The van der Waals surface area contributed by atoms with Crippen LogP contribution < -0.4 is 10.6 Å². The Morgan fingerprint density at radius 3 is 2.61 bits per heavy atom. The van der Waals surface area contributed by atoms with Crippen LogP contribution in [0.25, 0.3) is 0 Å². The molecule has 0 amide bonds. The van der Waals surface area contributed by atoms with Crippen LogP contribution in [0.1, 0.15) is 5.56 Å². The summed E-state index contributed by atoms with van der Waals surface area (Å²) >= 11 is 10.8. The van der Waals surface area contributed by atoms with Gasteiger partial charge < -0.3 is 15.4 Å². The number of thiol groups is 1. The van der Waals surface area contributed by atoms with E-state index in [9.17, 15) is 4.79 Å². The van der Waals surface area contributed by atoms with E-state index in [2.05, 4.69) is 4.99 Å². The molecule has 2 atom stereocenters. The molecule has 6 heteroatoms. The Hall–Kier alpha value is -1.82. The highest BCUT2D eigenvalue weighted by atomic mass is 35.5. The molecule has 2 N–H and O–H groups in total. The molecule has 0 fully saturated rings. The number of carbonyl (C=O) groups is 1. The molecule has 2 aromatic rings. The molecule has 0 saturated carbocycles. The van der Waals surface area contributed by atoms with Crippen LogP contribution in [0.15, 0.2) is 59.6 Å². The van der Waals surface area contributed by atoms with Gasteiger partial charge in [-0.1, -0.05) is 41.9 Å². The summed E-state index contributed by atoms with van der Waals surface area (Å²) in [4.78, 5) is 17.3. The molecule has 2 aromatic carbocycles. The fourth-order valence-electron chi connectivity index (χ4n) is 2.81. The fraction of sp³-hybridized carbons (Fsp3) is 0.176. The maximum atomic E-state index is 11.9. The van der Waals surface area contributed by atoms with Crippen LogP contribution in [0, 0.1) is 0 Å². The minimum absolute atomic E-state index is 0.210. The second-order valence-electron chi connectivity index (χ2n) is 5.26. The number of halogens is 1. The van der Waals surface area contributed by atoms with Gasteiger partial charge in [0.25, 0.3) is 0 Å². The lowest BCUT2D eigenvalue weighted by Crippen LogP contribution is -2.45. The normalized spacial score (nSPS) is 23.7. The molecule has 3 rings (SSSR count). The molecule has 0 aliphatic carbocycles. The summed E-state index contributed by atoms with van der Waals surface area (Å²) < 4.78 is 0. The smallest absolute Gasteiger partial charge is 0.158 e. The topological polar surface area (TPSA) is 58.7 Å². The van der Waals surface area contributed by atoms with E-state index in [0.29, 0.717) is 10.9 Å². The van der Waals surface area contributed by atoms with Gasteiger partial charge >= 0.3 is 0 Å². The maximum Gasteiger partial charge on any atom is 0.158 e. The van der Waals surface area contributed by atoms with Gasteiger partial charge in [-0.2, -0.15) is 0 Å². The van der Waals surface area contributed by atoms with Crippen molar-refractivity contribution >= 4 is 42.0 Å². The van der Waals surface area contributed by atoms with Crippen molar-refractivity contribution in [2.75, 3.05) is 11.4 Å². The van der Waals surface area contributed by atoms with Crippen molar-refractivity contribution in [2.45, 2.75) is 10.9 Å². The SMILES string of the molecule is NCC1=NC(S)(c2cccc(Cl)c2)C(C=O)N1c1ccccc1. The Kier molecular flexibility index (Phi) is 4.43. The first-order valence-corrected chi connectivity index (χ1v) is 7.99. The Morgan fingerprint density at radius 1 is 1.26 bits per heavy atom. The summed E-state index contributed by atoms with van der Waals surface area (Å²) in [7, 11) is 0. The summed E-state index contributed by atoms with van der Waals surface area (Å²) in [6.45, 7) is 0.210. The minimum Gasteiger partial charge on any atom is -0.324 e. The molecule has 1 aliphatic rings. The summed E-state index contributed by atoms with van der Waals surface area (Å²) in [5, 5.41) is 0.572. The van der Waals surface area contributed by atoms with Crippen molar-refractivity contribution in [1.82, 2.24) is 0 Å². The molecule has 0 saturated heterocycles. The molecule has 23 heavy (non-hydrogen) atoms. The lowest BCUT2D eigenvalue weighted by atomic mass is 9.99. The highest BCUT2D eigenvalue weighted by Crippen LogP contribution is 2.43. The highest BCUT2D eigenvalue weighted by Gasteiger charge is 2.47. The number of anilines is 1. The third-order valence-electron chi connectivity index (χ3n) is 3.86. The highest BCUT2D eigenvalue weighted by molar-refractivity contribution is 7.81. The Balaban J connectivity index is 2.12. The van der Waals surface area contributed by atoms with Gasteiger partial charge in [-0.25, -0.2) is 4.99 Å². The standard InChI is InChI=1S/C17H16ClN3OS/c18-13-6-4-5-12(9-13)17(23)15(11-22)21(16(10-19)20-17)14-7-2-1-3-8-14/h1-9,11,15,23H,10,19H2. The zero-order chi connectivity index (χ0) is 16.4. The van der Waals surface area contributed by atoms with Gasteiger partial charge in [-0.3, -0.25) is 0 Å². The number of aldehydes is 1. The molecular weight excluding hydrogens is 330 g/mol. The van der Waals surface area contributed by atoms with Crippen LogP contribution in [0.4, 0.5) is 5.69 Å². The Morgan fingerprint density at radius 2 is 2.00 bits per heavy atom. The van der Waals surface area contributed by atoms with E-state index in [1.807, 2.05) is 47.4 Å². The number of para-hydroxylation sites is 1. The van der Waals surface area contributed by atoms with Gasteiger partial charge in [0.2, 0.25) is 0 Å². The lowest BCUT2D eigenvalue weighted by Gasteiger charge is -2.31. The summed E-state index contributed by atoms with van der Waals surface area (Å²) in [6, 6.07) is 16.2. The van der Waals surface area contributed by atoms with Crippen LogP contribution >= 0.6 is 24.2 Å². The number of hydrogen-bond acceptors (Lipinski definition) is 5. The minimum atomic E-state index is -1.03. The van der Waals surface area contributed by atoms with E-state index in [4.69, 9.17) is 30.0 Å². The molecule has 0 radical (unpaired) electrons. The first-order chi connectivity index (χ1) is 11.1. The Bertz CT molecular complexity index is 753. The van der Waals surface area contributed by atoms with E-state index in [1.165, 1.54) is 0 Å². The molecule has 0 aromatic heterocycles. The first-order valence-electron chi connectivity index (χ1n) is 7.17. The van der Waals surface area contributed by atoms with E-state index in [0.717, 1.165) is 17.5 Å². The second-order valence-corrected chi connectivity index (χ2v) is 6.37. The quantitative estimate of drug-likeness (QED) is 0.661. The molecule has 1 aliphatic heterocycles. The summed E-state index contributed by atoms with van der Waals surface area (Å²) in [5.41, 5.74) is 7.47. The Labute approximate surface area is 145 Å². The number of amidine groups is 1. The summed E-state index contributed by atoms with van der Waals surface area (Å²) in [6.07, 6.45) is 0.854. The molecule has 118 valence electrons. The van der Waals surface area contributed by atoms with Crippen LogP contribution in [-0.4, -0.2) is 24.7 Å². The number of nitrogens with two attached hydrogens (primary N) is 1. The molecular formula is C17H16ClN3OS. The number of hydrogen-bond donors (Lipinski definition) is 2. The first kappa shape index (κ1) is 16.1. The number of benzene rings is 2. The molecule has 1 heterocycles. The van der Waals surface area contributed by atoms with Crippen molar-refractivity contribution in [2.24, 2.45) is 10.7 Å². The van der Waals surface area contributed by atoms with Crippen LogP contribution in [0.5, 0.6) is 0 Å². The monoisotopic (exact) mass is 345 g/mol. The van der Waals surface area contributed by atoms with Gasteiger partial charge in [0.1, 0.15) is 18.2 Å². The number of nitrogens with zero attached hydrogens (tertiary/aromatic N) is 2. The molecule has 4 nitrogen and oxygen atoms in total. The van der Waals surface area contributed by atoms with Crippen molar-refractivity contribution < 1.29 is 4.79 Å². The molecule has 0 bridgehead atoms. The second kappa shape index (κ2) is 6.35.